The van der Waals surface area contributed by atoms with E-state index < -0.39 is 0 Å². The lowest BCUT2D eigenvalue weighted by Crippen LogP contribution is -2.38. The van der Waals surface area contributed by atoms with Gasteiger partial charge in [-0.2, -0.15) is 0 Å². The molecule has 4 atom stereocenters. The molecule has 4 unspecified atom stereocenters. The van der Waals surface area contributed by atoms with E-state index in [4.69, 9.17) is 4.74 Å². The Bertz CT molecular complexity index is 665. The molecule has 4 nitrogen and oxygen atoms in total. The summed E-state index contributed by atoms with van der Waals surface area (Å²) in [6.45, 7) is 0.722. The highest BCUT2D eigenvalue weighted by atomic mass is 16.5. The van der Waals surface area contributed by atoms with E-state index in [-0.39, 0.29) is 24.0 Å². The highest BCUT2D eigenvalue weighted by Gasteiger charge is 2.42. The van der Waals surface area contributed by atoms with Crippen molar-refractivity contribution in [2.75, 3.05) is 19.0 Å². The quantitative estimate of drug-likeness (QED) is 0.881. The van der Waals surface area contributed by atoms with E-state index in [0.29, 0.717) is 5.92 Å². The smallest absolute Gasteiger partial charge is 0.251 e. The first-order chi connectivity index (χ1) is 10.8. The minimum Gasteiger partial charge on any atom is -0.381 e. The standard InChI is InChI=1S/C18H20N2O2/c1-22-15-8-3-2-5-11(15)17-12-9-10-19-18(21)13-6-4-7-14(20-17)16(12)13/h2-8,11-12,15,17,20H,9-10H2,1H3,(H,19,21). The number of hydrogen-bond donors (Lipinski definition) is 2. The lowest BCUT2D eigenvalue weighted by molar-refractivity contribution is 0.0943. The first-order valence-electron chi connectivity index (χ1n) is 7.85. The third-order valence-corrected chi connectivity index (χ3v) is 5.03. The summed E-state index contributed by atoms with van der Waals surface area (Å²) in [4.78, 5) is 12.2. The summed E-state index contributed by atoms with van der Waals surface area (Å²) in [5, 5.41) is 6.66. The Morgan fingerprint density at radius 3 is 2.95 bits per heavy atom. The number of carbonyl (C=O) groups excluding carboxylic acids is 1. The molecule has 1 aliphatic carbocycles. The molecule has 3 aliphatic rings. The minimum absolute atomic E-state index is 0.0455. The van der Waals surface area contributed by atoms with Gasteiger partial charge in [0.15, 0.2) is 0 Å². The molecule has 1 aromatic carbocycles. The fourth-order valence-corrected chi connectivity index (χ4v) is 4.04. The molecule has 1 amide bonds. The molecule has 0 spiro atoms. The summed E-state index contributed by atoms with van der Waals surface area (Å²) < 4.78 is 5.65. The maximum Gasteiger partial charge on any atom is 0.251 e. The van der Waals surface area contributed by atoms with Gasteiger partial charge in [0.2, 0.25) is 0 Å². The highest BCUT2D eigenvalue weighted by molar-refractivity contribution is 5.98. The second-order valence-corrected chi connectivity index (χ2v) is 6.14. The van der Waals surface area contributed by atoms with Crippen molar-refractivity contribution in [1.82, 2.24) is 5.32 Å². The zero-order valence-corrected chi connectivity index (χ0v) is 12.6. The zero-order chi connectivity index (χ0) is 15.1. The first-order valence-corrected chi connectivity index (χ1v) is 7.85. The van der Waals surface area contributed by atoms with E-state index >= 15 is 0 Å². The van der Waals surface area contributed by atoms with Crippen LogP contribution in [0.2, 0.25) is 0 Å². The van der Waals surface area contributed by atoms with Crippen molar-refractivity contribution in [3.05, 3.63) is 53.6 Å². The summed E-state index contributed by atoms with van der Waals surface area (Å²) >= 11 is 0. The molecule has 4 rings (SSSR count). The van der Waals surface area contributed by atoms with Gasteiger partial charge in [-0.3, -0.25) is 4.79 Å². The van der Waals surface area contributed by atoms with Gasteiger partial charge in [-0.1, -0.05) is 30.4 Å². The van der Waals surface area contributed by atoms with Crippen LogP contribution in [0, 0.1) is 5.92 Å². The molecule has 2 heterocycles. The number of nitrogens with one attached hydrogen (secondary N) is 2. The molecular weight excluding hydrogens is 276 g/mol. The fraction of sp³-hybridized carbons (Fsp3) is 0.389. The van der Waals surface area contributed by atoms with Gasteiger partial charge in [-0.05, 0) is 24.1 Å². The van der Waals surface area contributed by atoms with Gasteiger partial charge in [0.25, 0.3) is 5.91 Å². The number of benzene rings is 1. The maximum atomic E-state index is 12.2. The maximum absolute atomic E-state index is 12.2. The molecule has 1 aromatic rings. The van der Waals surface area contributed by atoms with Crippen molar-refractivity contribution < 1.29 is 9.53 Å². The molecule has 0 saturated carbocycles. The number of rotatable bonds is 2. The number of ether oxygens (including phenoxy) is 1. The Balaban J connectivity index is 1.75. The molecule has 0 fully saturated rings. The van der Waals surface area contributed by atoms with E-state index in [1.807, 2.05) is 18.2 Å². The molecule has 0 bridgehead atoms. The van der Waals surface area contributed by atoms with Crippen LogP contribution in [0.5, 0.6) is 0 Å². The van der Waals surface area contributed by atoms with Crippen molar-refractivity contribution in [2.24, 2.45) is 5.92 Å². The average molecular weight is 296 g/mol. The fourth-order valence-electron chi connectivity index (χ4n) is 4.04. The van der Waals surface area contributed by atoms with E-state index in [2.05, 4.69) is 34.9 Å². The highest BCUT2D eigenvalue weighted by Crippen LogP contribution is 2.45. The molecule has 22 heavy (non-hydrogen) atoms. The lowest BCUT2D eigenvalue weighted by atomic mass is 9.79. The SMILES string of the molecule is COC1C=CC=CC1C1Nc2cccc3c2C1CCNC3=O. The van der Waals surface area contributed by atoms with Gasteiger partial charge in [0.05, 0.1) is 6.10 Å². The number of carbonyl (C=O) groups is 1. The van der Waals surface area contributed by atoms with E-state index in [1.54, 1.807) is 7.11 Å². The van der Waals surface area contributed by atoms with Gasteiger partial charge in [-0.15, -0.1) is 0 Å². The van der Waals surface area contributed by atoms with Crippen molar-refractivity contribution in [1.29, 1.82) is 0 Å². The second kappa shape index (κ2) is 5.29. The van der Waals surface area contributed by atoms with Crippen molar-refractivity contribution in [3.8, 4) is 0 Å². The summed E-state index contributed by atoms with van der Waals surface area (Å²) in [6, 6.07) is 6.22. The summed E-state index contributed by atoms with van der Waals surface area (Å²) in [5.41, 5.74) is 3.10. The van der Waals surface area contributed by atoms with Gasteiger partial charge in [-0.25, -0.2) is 0 Å². The van der Waals surface area contributed by atoms with Crippen LogP contribution < -0.4 is 10.6 Å². The van der Waals surface area contributed by atoms with Gasteiger partial charge in [0.1, 0.15) is 0 Å². The number of anilines is 1. The van der Waals surface area contributed by atoms with Crippen LogP contribution >= 0.6 is 0 Å². The number of amides is 1. The van der Waals surface area contributed by atoms with Crippen LogP contribution in [0.15, 0.2) is 42.5 Å². The predicted molar refractivity (Wildman–Crippen MR) is 86.1 cm³/mol. The number of allylic oxidation sites excluding steroid dienone is 2. The van der Waals surface area contributed by atoms with Crippen LogP contribution in [0.25, 0.3) is 0 Å². The molecule has 2 aliphatic heterocycles. The van der Waals surface area contributed by atoms with Crippen molar-refractivity contribution in [2.45, 2.75) is 24.5 Å². The Morgan fingerprint density at radius 2 is 2.09 bits per heavy atom. The average Bonchev–Trinajstić information content (AvgIpc) is 2.84. The van der Waals surface area contributed by atoms with Gasteiger partial charge >= 0.3 is 0 Å². The van der Waals surface area contributed by atoms with E-state index in [0.717, 1.165) is 24.2 Å². The number of methoxy groups -OCH3 is 1. The Kier molecular flexibility index (Phi) is 3.26. The van der Waals surface area contributed by atoms with E-state index in [1.165, 1.54) is 5.56 Å². The third-order valence-electron chi connectivity index (χ3n) is 5.03. The largest absolute Gasteiger partial charge is 0.381 e. The Hall–Kier alpha value is -2.07. The first kappa shape index (κ1) is 13.6. The normalized spacial score (nSPS) is 32.1. The molecule has 0 aromatic heterocycles. The van der Waals surface area contributed by atoms with Crippen LogP contribution in [-0.4, -0.2) is 31.7 Å². The molecule has 114 valence electrons. The van der Waals surface area contributed by atoms with Crippen LogP contribution in [0.4, 0.5) is 5.69 Å². The molecule has 0 saturated heterocycles. The van der Waals surface area contributed by atoms with Gasteiger partial charge < -0.3 is 15.4 Å². The van der Waals surface area contributed by atoms with Gasteiger partial charge in [0, 0.05) is 42.8 Å². The third kappa shape index (κ3) is 1.98. The van der Waals surface area contributed by atoms with Crippen LogP contribution in [0.3, 0.4) is 0 Å². The topological polar surface area (TPSA) is 50.4 Å². The molecular formula is C18H20N2O2. The summed E-state index contributed by atoms with van der Waals surface area (Å²) in [6.07, 6.45) is 9.49. The predicted octanol–water partition coefficient (Wildman–Crippen LogP) is 2.46. The monoisotopic (exact) mass is 296 g/mol. The molecule has 0 radical (unpaired) electrons. The zero-order valence-electron chi connectivity index (χ0n) is 12.6. The van der Waals surface area contributed by atoms with Crippen molar-refractivity contribution in [3.63, 3.8) is 0 Å². The van der Waals surface area contributed by atoms with E-state index in [9.17, 15) is 4.79 Å². The Labute approximate surface area is 130 Å². The molecule has 4 heteroatoms. The van der Waals surface area contributed by atoms with Crippen LogP contribution in [0.1, 0.15) is 28.3 Å². The lowest BCUT2D eigenvalue weighted by Gasteiger charge is -2.32. The second-order valence-electron chi connectivity index (χ2n) is 6.14. The van der Waals surface area contributed by atoms with Crippen LogP contribution in [-0.2, 0) is 4.74 Å². The minimum atomic E-state index is 0.0455. The molecule has 2 N–H and O–H groups in total. The summed E-state index contributed by atoms with van der Waals surface area (Å²) in [5.74, 6) is 0.654. The Morgan fingerprint density at radius 1 is 1.23 bits per heavy atom. The number of hydrogen-bond acceptors (Lipinski definition) is 3. The summed E-state index contributed by atoms with van der Waals surface area (Å²) in [7, 11) is 1.76. The van der Waals surface area contributed by atoms with Crippen molar-refractivity contribution >= 4 is 11.6 Å².